The van der Waals surface area contributed by atoms with Crippen LogP contribution in [0.5, 0.6) is 0 Å². The van der Waals surface area contributed by atoms with E-state index in [0.29, 0.717) is 4.88 Å². The summed E-state index contributed by atoms with van der Waals surface area (Å²) in [5.74, 6) is -0.0816. The van der Waals surface area contributed by atoms with Crippen molar-refractivity contribution in [3.63, 3.8) is 0 Å². The van der Waals surface area contributed by atoms with Gasteiger partial charge in [-0.15, -0.1) is 11.3 Å². The van der Waals surface area contributed by atoms with Gasteiger partial charge in [-0.25, -0.2) is 0 Å². The zero-order valence-corrected chi connectivity index (χ0v) is 13.8. The molecule has 3 nitrogen and oxygen atoms in total. The molecule has 0 saturated carbocycles. The molecule has 1 heterocycles. The summed E-state index contributed by atoms with van der Waals surface area (Å²) in [4.78, 5) is 12.7. The van der Waals surface area contributed by atoms with Crippen LogP contribution in [0.3, 0.4) is 0 Å². The van der Waals surface area contributed by atoms with Crippen molar-refractivity contribution < 1.29 is 4.79 Å². The molecule has 23 heavy (non-hydrogen) atoms. The number of hydrogen-bond acceptors (Lipinski definition) is 3. The molecule has 0 bridgehead atoms. The summed E-state index contributed by atoms with van der Waals surface area (Å²) in [5.41, 5.74) is 2.93. The highest BCUT2D eigenvalue weighted by Crippen LogP contribution is 2.17. The third-order valence-electron chi connectivity index (χ3n) is 3.30. The Morgan fingerprint density at radius 3 is 2.30 bits per heavy atom. The first kappa shape index (κ1) is 15.6. The van der Waals surface area contributed by atoms with Gasteiger partial charge in [0.25, 0.3) is 5.91 Å². The van der Waals surface area contributed by atoms with E-state index >= 15 is 0 Å². The van der Waals surface area contributed by atoms with Crippen LogP contribution in [0.25, 0.3) is 0 Å². The lowest BCUT2D eigenvalue weighted by Gasteiger charge is -2.08. The van der Waals surface area contributed by atoms with Crippen molar-refractivity contribution in [1.82, 2.24) is 0 Å². The number of halogens is 1. The molecule has 0 aliphatic rings. The van der Waals surface area contributed by atoms with Crippen LogP contribution in [0.15, 0.2) is 66.0 Å². The molecule has 0 aliphatic heterocycles. The molecule has 0 fully saturated rings. The van der Waals surface area contributed by atoms with Gasteiger partial charge in [0, 0.05) is 22.9 Å². The van der Waals surface area contributed by atoms with E-state index in [1.165, 1.54) is 11.3 Å². The molecule has 5 heteroatoms. The Morgan fingerprint density at radius 2 is 1.65 bits per heavy atom. The first-order valence-corrected chi connectivity index (χ1v) is 8.40. The van der Waals surface area contributed by atoms with Crippen LogP contribution >= 0.6 is 22.9 Å². The summed E-state index contributed by atoms with van der Waals surface area (Å²) in [6, 6.07) is 19.1. The molecule has 0 spiro atoms. The second kappa shape index (κ2) is 7.31. The third-order valence-corrected chi connectivity index (χ3v) is 4.42. The van der Waals surface area contributed by atoms with Crippen LogP contribution in [0.1, 0.15) is 15.2 Å². The molecule has 0 atom stereocenters. The molecular weight excluding hydrogens is 328 g/mol. The van der Waals surface area contributed by atoms with Crippen LogP contribution < -0.4 is 10.6 Å². The van der Waals surface area contributed by atoms with E-state index in [2.05, 4.69) is 10.6 Å². The lowest BCUT2D eigenvalue weighted by Crippen LogP contribution is -2.10. The lowest BCUT2D eigenvalue weighted by atomic mass is 10.2. The summed E-state index contributed by atoms with van der Waals surface area (Å²) in [5, 5.41) is 8.84. The Hall–Kier alpha value is -2.30. The smallest absolute Gasteiger partial charge is 0.265 e. The Bertz CT molecular complexity index is 768. The van der Waals surface area contributed by atoms with Gasteiger partial charge >= 0.3 is 0 Å². The fraction of sp³-hybridized carbons (Fsp3) is 0.0556. The van der Waals surface area contributed by atoms with Crippen molar-refractivity contribution in [3.8, 4) is 0 Å². The number of benzene rings is 2. The van der Waals surface area contributed by atoms with E-state index in [1.807, 2.05) is 66.0 Å². The maximum absolute atomic E-state index is 12.0. The molecule has 0 saturated heterocycles. The zero-order chi connectivity index (χ0) is 16.1. The third kappa shape index (κ3) is 4.34. The number of anilines is 2. The Labute approximate surface area is 143 Å². The van der Waals surface area contributed by atoms with Crippen molar-refractivity contribution in [3.05, 3.63) is 81.5 Å². The second-order valence-electron chi connectivity index (χ2n) is 4.99. The maximum Gasteiger partial charge on any atom is 0.265 e. The van der Waals surface area contributed by atoms with Gasteiger partial charge in [-0.2, -0.15) is 0 Å². The Kier molecular flexibility index (Phi) is 4.95. The SMILES string of the molecule is O=C(Nc1ccc(NCc2ccc(Cl)cc2)cc1)c1cccs1. The van der Waals surface area contributed by atoms with Crippen LogP contribution in [-0.2, 0) is 6.54 Å². The van der Waals surface area contributed by atoms with Gasteiger partial charge in [-0.3, -0.25) is 4.79 Å². The van der Waals surface area contributed by atoms with Gasteiger partial charge in [-0.1, -0.05) is 29.8 Å². The van der Waals surface area contributed by atoms with Crippen molar-refractivity contribution >= 4 is 40.2 Å². The number of hydrogen-bond donors (Lipinski definition) is 2. The normalized spacial score (nSPS) is 10.3. The minimum absolute atomic E-state index is 0.0816. The fourth-order valence-corrected chi connectivity index (χ4v) is 2.82. The van der Waals surface area contributed by atoms with Gasteiger partial charge in [0.05, 0.1) is 4.88 Å². The van der Waals surface area contributed by atoms with Crippen molar-refractivity contribution in [2.45, 2.75) is 6.54 Å². The number of rotatable bonds is 5. The summed E-state index contributed by atoms with van der Waals surface area (Å²) in [6.45, 7) is 0.720. The van der Waals surface area contributed by atoms with E-state index in [9.17, 15) is 4.79 Å². The average Bonchev–Trinajstić information content (AvgIpc) is 3.10. The number of thiophene rings is 1. The number of amides is 1. The molecule has 3 aromatic rings. The van der Waals surface area contributed by atoms with E-state index < -0.39 is 0 Å². The molecule has 1 amide bonds. The van der Waals surface area contributed by atoms with Crippen LogP contribution in [0.4, 0.5) is 11.4 Å². The average molecular weight is 343 g/mol. The van der Waals surface area contributed by atoms with Gasteiger partial charge in [0.2, 0.25) is 0 Å². The standard InChI is InChI=1S/C18H15ClN2OS/c19-14-5-3-13(4-6-14)12-20-15-7-9-16(10-8-15)21-18(22)17-2-1-11-23-17/h1-11,20H,12H2,(H,21,22). The van der Waals surface area contributed by atoms with Crippen LogP contribution in [0, 0.1) is 0 Å². The van der Waals surface area contributed by atoms with Crippen LogP contribution in [-0.4, -0.2) is 5.91 Å². The molecule has 116 valence electrons. The monoisotopic (exact) mass is 342 g/mol. The predicted octanol–water partition coefficient (Wildman–Crippen LogP) is 5.27. The summed E-state index contributed by atoms with van der Waals surface area (Å²) < 4.78 is 0. The van der Waals surface area contributed by atoms with Gasteiger partial charge < -0.3 is 10.6 Å². The summed E-state index contributed by atoms with van der Waals surface area (Å²) in [6.07, 6.45) is 0. The number of carbonyl (C=O) groups excluding carboxylic acids is 1. The first-order chi connectivity index (χ1) is 11.2. The van der Waals surface area contributed by atoms with E-state index in [4.69, 9.17) is 11.6 Å². The highest BCUT2D eigenvalue weighted by atomic mass is 35.5. The molecule has 0 unspecified atom stereocenters. The highest BCUT2D eigenvalue weighted by Gasteiger charge is 2.06. The quantitative estimate of drug-likeness (QED) is 0.663. The molecule has 0 aliphatic carbocycles. The van der Waals surface area contributed by atoms with Gasteiger partial charge in [-0.05, 0) is 53.4 Å². The Morgan fingerprint density at radius 1 is 0.957 bits per heavy atom. The fourth-order valence-electron chi connectivity index (χ4n) is 2.08. The largest absolute Gasteiger partial charge is 0.381 e. The van der Waals surface area contributed by atoms with Crippen molar-refractivity contribution in [2.75, 3.05) is 10.6 Å². The molecule has 2 N–H and O–H groups in total. The summed E-state index contributed by atoms with van der Waals surface area (Å²) >= 11 is 7.30. The highest BCUT2D eigenvalue weighted by molar-refractivity contribution is 7.12. The first-order valence-electron chi connectivity index (χ1n) is 7.14. The second-order valence-corrected chi connectivity index (χ2v) is 6.37. The van der Waals surface area contributed by atoms with Gasteiger partial charge in [0.1, 0.15) is 0 Å². The predicted molar refractivity (Wildman–Crippen MR) is 97.5 cm³/mol. The molecule has 3 rings (SSSR count). The van der Waals surface area contributed by atoms with E-state index in [0.717, 1.165) is 28.5 Å². The molecule has 2 aromatic carbocycles. The van der Waals surface area contributed by atoms with Crippen molar-refractivity contribution in [2.24, 2.45) is 0 Å². The minimum Gasteiger partial charge on any atom is -0.381 e. The van der Waals surface area contributed by atoms with Crippen LogP contribution in [0.2, 0.25) is 5.02 Å². The zero-order valence-electron chi connectivity index (χ0n) is 12.3. The number of nitrogens with one attached hydrogen (secondary N) is 2. The van der Waals surface area contributed by atoms with E-state index in [1.54, 1.807) is 0 Å². The van der Waals surface area contributed by atoms with Gasteiger partial charge in [0.15, 0.2) is 0 Å². The molecular formula is C18H15ClN2OS. The minimum atomic E-state index is -0.0816. The van der Waals surface area contributed by atoms with Crippen molar-refractivity contribution in [1.29, 1.82) is 0 Å². The number of carbonyl (C=O) groups is 1. The maximum atomic E-state index is 12.0. The van der Waals surface area contributed by atoms with E-state index in [-0.39, 0.29) is 5.91 Å². The molecule has 1 aromatic heterocycles. The lowest BCUT2D eigenvalue weighted by molar-refractivity contribution is 0.103. The topological polar surface area (TPSA) is 41.1 Å². The molecule has 0 radical (unpaired) electrons. The Balaban J connectivity index is 1.56. The summed E-state index contributed by atoms with van der Waals surface area (Å²) in [7, 11) is 0.